The fourth-order valence-corrected chi connectivity index (χ4v) is 5.95. The summed E-state index contributed by atoms with van der Waals surface area (Å²) in [7, 11) is 1.39. The number of aliphatic hydroxyl groups is 1. The third kappa shape index (κ3) is 4.72. The van der Waals surface area contributed by atoms with Crippen LogP contribution in [-0.2, 0) is 22.6 Å². The minimum absolute atomic E-state index is 0.00485. The lowest BCUT2D eigenvalue weighted by atomic mass is 9.85. The number of hydrogen-bond acceptors (Lipinski definition) is 6. The molecule has 6 rings (SSSR count). The van der Waals surface area contributed by atoms with Gasteiger partial charge < -0.3 is 19.8 Å². The third-order valence-electron chi connectivity index (χ3n) is 8.16. The van der Waals surface area contributed by atoms with Crippen LogP contribution in [0.5, 0.6) is 0 Å². The number of methoxy groups -OCH3 is 1. The van der Waals surface area contributed by atoms with E-state index in [9.17, 15) is 14.7 Å². The van der Waals surface area contributed by atoms with Crippen molar-refractivity contribution in [2.75, 3.05) is 20.2 Å². The van der Waals surface area contributed by atoms with Crippen LogP contribution in [0.1, 0.15) is 51.3 Å². The second kappa shape index (κ2) is 10.6. The molecule has 2 amide bonds. The Morgan fingerprint density at radius 1 is 1.12 bits per heavy atom. The predicted octanol–water partition coefficient (Wildman–Crippen LogP) is 5.02. The molecular weight excluding hydrogens is 600 g/mol. The van der Waals surface area contributed by atoms with Crippen LogP contribution in [0.3, 0.4) is 0 Å². The van der Waals surface area contributed by atoms with Crippen molar-refractivity contribution in [3.63, 3.8) is 0 Å². The SMILES string of the molecule is CO[C@]1(c2ccc(Cl)cc2)c2c(F)cc(C(C)(O)c3cnn(C4CN(C(=O)O)C4)c3)cc2C(=O)N1Cc1ccc(Cl)cn1. The largest absolute Gasteiger partial charge is 0.465 e. The molecule has 2 aliphatic heterocycles. The van der Waals surface area contributed by atoms with Crippen molar-refractivity contribution < 1.29 is 28.9 Å². The number of aromatic nitrogens is 3. The maximum atomic E-state index is 16.4. The Morgan fingerprint density at radius 2 is 1.81 bits per heavy atom. The number of benzene rings is 2. The molecule has 2 aromatic heterocycles. The van der Waals surface area contributed by atoms with Crippen molar-refractivity contribution in [2.45, 2.75) is 30.8 Å². The van der Waals surface area contributed by atoms with E-state index in [2.05, 4.69) is 10.1 Å². The first kappa shape index (κ1) is 29.1. The maximum Gasteiger partial charge on any atom is 0.407 e. The summed E-state index contributed by atoms with van der Waals surface area (Å²) in [4.78, 5) is 32.2. The zero-order valence-electron chi connectivity index (χ0n) is 23.0. The molecule has 2 aliphatic rings. The van der Waals surface area contributed by atoms with Gasteiger partial charge in [-0.1, -0.05) is 35.3 Å². The van der Waals surface area contributed by atoms with E-state index in [0.717, 1.165) is 0 Å². The number of nitrogens with zero attached hydrogens (tertiary/aromatic N) is 5. The summed E-state index contributed by atoms with van der Waals surface area (Å²) in [5, 5.41) is 26.0. The summed E-state index contributed by atoms with van der Waals surface area (Å²) in [6.07, 6.45) is 3.49. The first-order valence-corrected chi connectivity index (χ1v) is 14.0. The van der Waals surface area contributed by atoms with E-state index in [1.54, 1.807) is 47.3 Å². The number of rotatable bonds is 7. The fourth-order valence-electron chi connectivity index (χ4n) is 5.71. The van der Waals surface area contributed by atoms with Gasteiger partial charge in [-0.3, -0.25) is 19.4 Å². The summed E-state index contributed by atoms with van der Waals surface area (Å²) in [5.74, 6) is -1.29. The van der Waals surface area contributed by atoms with Gasteiger partial charge >= 0.3 is 6.09 Å². The molecule has 2 aromatic carbocycles. The molecule has 13 heteroatoms. The first-order valence-electron chi connectivity index (χ1n) is 13.3. The van der Waals surface area contributed by atoms with Crippen LogP contribution >= 0.6 is 23.2 Å². The minimum atomic E-state index is -1.74. The zero-order valence-corrected chi connectivity index (χ0v) is 24.6. The number of pyridine rings is 1. The normalized spacial score (nSPS) is 19.7. The van der Waals surface area contributed by atoms with E-state index in [4.69, 9.17) is 33.0 Å². The number of hydrogen-bond donors (Lipinski definition) is 2. The number of fused-ring (bicyclic) bond motifs is 1. The third-order valence-corrected chi connectivity index (χ3v) is 8.63. The number of carbonyl (C=O) groups excluding carboxylic acids is 1. The van der Waals surface area contributed by atoms with Crippen molar-refractivity contribution >= 4 is 35.2 Å². The Balaban J connectivity index is 1.43. The highest BCUT2D eigenvalue weighted by Gasteiger charge is 2.54. The van der Waals surface area contributed by atoms with Gasteiger partial charge in [-0.05, 0) is 48.9 Å². The van der Waals surface area contributed by atoms with E-state index in [-0.39, 0.29) is 42.4 Å². The topological polar surface area (TPSA) is 121 Å². The predicted molar refractivity (Wildman–Crippen MR) is 154 cm³/mol. The monoisotopic (exact) mass is 625 g/mol. The first-order chi connectivity index (χ1) is 20.4. The van der Waals surface area contributed by atoms with Crippen molar-refractivity contribution in [3.8, 4) is 0 Å². The van der Waals surface area contributed by atoms with Gasteiger partial charge in [-0.2, -0.15) is 5.10 Å². The van der Waals surface area contributed by atoms with E-state index < -0.39 is 29.1 Å². The second-order valence-corrected chi connectivity index (χ2v) is 11.6. The van der Waals surface area contributed by atoms with E-state index >= 15 is 4.39 Å². The van der Waals surface area contributed by atoms with Gasteiger partial charge in [0.2, 0.25) is 0 Å². The summed E-state index contributed by atoms with van der Waals surface area (Å²) >= 11 is 12.2. The molecule has 0 saturated carbocycles. The Hall–Kier alpha value is -4.03. The minimum Gasteiger partial charge on any atom is -0.465 e. The molecule has 1 saturated heterocycles. The number of carboxylic acid groups (broad SMARTS) is 1. The maximum absolute atomic E-state index is 16.4. The van der Waals surface area contributed by atoms with Crippen LogP contribution in [0, 0.1) is 5.82 Å². The lowest BCUT2D eigenvalue weighted by Gasteiger charge is -2.38. The molecule has 0 radical (unpaired) electrons. The van der Waals surface area contributed by atoms with Crippen molar-refractivity contribution in [2.24, 2.45) is 0 Å². The summed E-state index contributed by atoms with van der Waals surface area (Å²) < 4.78 is 24.0. The van der Waals surface area contributed by atoms with Crippen molar-refractivity contribution in [3.05, 3.63) is 116 Å². The number of carbonyl (C=O) groups is 2. The number of amides is 2. The molecule has 43 heavy (non-hydrogen) atoms. The average molecular weight is 626 g/mol. The zero-order chi connectivity index (χ0) is 30.7. The van der Waals surface area contributed by atoms with Gasteiger partial charge in [0, 0.05) is 48.7 Å². The molecule has 4 aromatic rings. The van der Waals surface area contributed by atoms with Gasteiger partial charge in [0.1, 0.15) is 11.4 Å². The van der Waals surface area contributed by atoms with Gasteiger partial charge in [-0.15, -0.1) is 0 Å². The molecule has 0 bridgehead atoms. The highest BCUT2D eigenvalue weighted by Crippen LogP contribution is 2.48. The molecule has 4 heterocycles. The van der Waals surface area contributed by atoms with Gasteiger partial charge in [0.05, 0.1) is 40.6 Å². The van der Waals surface area contributed by atoms with Crippen LogP contribution in [-0.4, -0.2) is 67.0 Å². The Morgan fingerprint density at radius 3 is 2.44 bits per heavy atom. The molecule has 0 spiro atoms. The number of ether oxygens (including phenoxy) is 1. The standard InChI is InChI=1S/C30H26Cl2FN5O5/c1-29(42,19-11-35-38(13-19)23-15-36(16-23)28(40)41)18-9-24-26(25(33)10-18)30(43-2,17-3-5-20(31)6-4-17)37(27(24)39)14-22-8-7-21(32)12-34-22/h3-13,23,42H,14-16H2,1-2H3,(H,40,41)/t29?,30-/m1/s1. The van der Waals surface area contributed by atoms with Crippen LogP contribution in [0.25, 0.3) is 0 Å². The molecule has 2 N–H and O–H groups in total. The Labute approximate surface area is 255 Å². The van der Waals surface area contributed by atoms with Crippen molar-refractivity contribution in [1.29, 1.82) is 0 Å². The van der Waals surface area contributed by atoms with Gasteiger partial charge in [0.15, 0.2) is 5.72 Å². The quantitative estimate of drug-likeness (QED) is 0.296. The molecule has 10 nitrogen and oxygen atoms in total. The molecule has 1 fully saturated rings. The van der Waals surface area contributed by atoms with Crippen LogP contribution in [0.15, 0.2) is 67.1 Å². The van der Waals surface area contributed by atoms with E-state index in [1.165, 1.54) is 48.4 Å². The summed E-state index contributed by atoms with van der Waals surface area (Å²) in [6.45, 7) is 1.98. The summed E-state index contributed by atoms with van der Waals surface area (Å²) in [6, 6.07) is 12.4. The molecular formula is C30H26Cl2FN5O5. The number of halogens is 3. The molecule has 1 unspecified atom stereocenters. The van der Waals surface area contributed by atoms with Crippen molar-refractivity contribution in [1.82, 2.24) is 24.6 Å². The van der Waals surface area contributed by atoms with Gasteiger partial charge in [-0.25, -0.2) is 9.18 Å². The highest BCUT2D eigenvalue weighted by atomic mass is 35.5. The van der Waals surface area contributed by atoms with E-state index in [1.807, 2.05) is 0 Å². The fraction of sp³-hybridized carbons (Fsp3) is 0.267. The molecule has 0 aliphatic carbocycles. The van der Waals surface area contributed by atoms with Crippen LogP contribution in [0.4, 0.5) is 9.18 Å². The molecule has 222 valence electrons. The van der Waals surface area contributed by atoms with Crippen LogP contribution in [0.2, 0.25) is 10.0 Å². The highest BCUT2D eigenvalue weighted by molar-refractivity contribution is 6.30. The smallest absolute Gasteiger partial charge is 0.407 e. The lowest BCUT2D eigenvalue weighted by molar-refractivity contribution is -0.0886. The number of likely N-dealkylation sites (tertiary alicyclic amines) is 1. The summed E-state index contributed by atoms with van der Waals surface area (Å²) in [5.41, 5.74) is -1.95. The van der Waals surface area contributed by atoms with Gasteiger partial charge in [0.25, 0.3) is 5.91 Å². The Bertz CT molecular complexity index is 1720. The molecule has 2 atom stereocenters. The Kier molecular flexibility index (Phi) is 7.16. The lowest BCUT2D eigenvalue weighted by Crippen LogP contribution is -2.50. The van der Waals surface area contributed by atoms with Crippen LogP contribution < -0.4 is 0 Å². The average Bonchev–Trinajstić information content (AvgIpc) is 3.52. The van der Waals surface area contributed by atoms with E-state index in [0.29, 0.717) is 26.9 Å². The second-order valence-electron chi connectivity index (χ2n) is 10.7.